The Labute approximate surface area is 97.8 Å². The second kappa shape index (κ2) is 7.52. The number of hydrogen-bond donors (Lipinski definition) is 2. The van der Waals surface area contributed by atoms with Crippen LogP contribution in [0.2, 0.25) is 0 Å². The number of unbranched alkanes of at least 4 members (excludes halogenated alkanes) is 4. The van der Waals surface area contributed by atoms with Gasteiger partial charge in [0.05, 0.1) is 0 Å². The minimum atomic E-state index is -1.26. The second-order valence-electron chi connectivity index (χ2n) is 4.39. The first-order valence-corrected chi connectivity index (χ1v) is 5.96. The van der Waals surface area contributed by atoms with E-state index in [1.54, 1.807) is 0 Å². The SMILES string of the molecule is CC(=O)C(N)(CCCCCCCN)C(C)=O. The average molecular weight is 228 g/mol. The fraction of sp³-hybridized carbons (Fsp3) is 0.833. The number of Topliss-reactive ketones (excluding diaryl/α,β-unsaturated/α-hetero) is 2. The minimum absolute atomic E-state index is 0.234. The summed E-state index contributed by atoms with van der Waals surface area (Å²) in [6.07, 6.45) is 5.50. The van der Waals surface area contributed by atoms with E-state index in [2.05, 4.69) is 0 Å². The molecule has 0 amide bonds. The molecule has 4 nitrogen and oxygen atoms in total. The molecule has 0 spiro atoms. The van der Waals surface area contributed by atoms with Crippen molar-refractivity contribution in [2.75, 3.05) is 6.54 Å². The fourth-order valence-corrected chi connectivity index (χ4v) is 1.68. The Morgan fingerprint density at radius 1 is 0.938 bits per heavy atom. The Bertz CT molecular complexity index is 225. The van der Waals surface area contributed by atoms with Crippen molar-refractivity contribution in [1.82, 2.24) is 0 Å². The van der Waals surface area contributed by atoms with E-state index in [0.29, 0.717) is 6.42 Å². The highest BCUT2D eigenvalue weighted by Crippen LogP contribution is 2.16. The second-order valence-corrected chi connectivity index (χ2v) is 4.39. The van der Waals surface area contributed by atoms with Gasteiger partial charge >= 0.3 is 0 Å². The van der Waals surface area contributed by atoms with Crippen LogP contribution >= 0.6 is 0 Å². The highest BCUT2D eigenvalue weighted by molar-refractivity contribution is 6.09. The van der Waals surface area contributed by atoms with Crippen LogP contribution in [0.4, 0.5) is 0 Å². The third-order valence-electron chi connectivity index (χ3n) is 3.03. The Hall–Kier alpha value is -0.740. The largest absolute Gasteiger partial charge is 0.330 e. The van der Waals surface area contributed by atoms with Gasteiger partial charge in [-0.15, -0.1) is 0 Å². The number of ketones is 2. The molecular formula is C12H24N2O2. The van der Waals surface area contributed by atoms with Crippen LogP contribution in [-0.4, -0.2) is 23.7 Å². The van der Waals surface area contributed by atoms with Crippen LogP contribution in [-0.2, 0) is 9.59 Å². The van der Waals surface area contributed by atoms with Crippen molar-refractivity contribution in [2.24, 2.45) is 11.5 Å². The maximum absolute atomic E-state index is 11.3. The van der Waals surface area contributed by atoms with E-state index in [1.165, 1.54) is 13.8 Å². The molecule has 0 radical (unpaired) electrons. The molecule has 0 rings (SSSR count). The molecule has 0 saturated heterocycles. The zero-order valence-corrected chi connectivity index (χ0v) is 10.4. The third kappa shape index (κ3) is 4.86. The lowest BCUT2D eigenvalue weighted by Crippen LogP contribution is -2.52. The Morgan fingerprint density at radius 2 is 1.38 bits per heavy atom. The molecule has 4 heteroatoms. The highest BCUT2D eigenvalue weighted by Gasteiger charge is 2.34. The highest BCUT2D eigenvalue weighted by atomic mass is 16.2. The number of rotatable bonds is 9. The number of carbonyl (C=O) groups excluding carboxylic acids is 2. The molecule has 0 unspecified atom stereocenters. The quantitative estimate of drug-likeness (QED) is 0.458. The van der Waals surface area contributed by atoms with Crippen LogP contribution in [0.5, 0.6) is 0 Å². The minimum Gasteiger partial charge on any atom is -0.330 e. The third-order valence-corrected chi connectivity index (χ3v) is 3.03. The van der Waals surface area contributed by atoms with Gasteiger partial charge in [0.1, 0.15) is 5.54 Å². The molecule has 16 heavy (non-hydrogen) atoms. The number of nitrogens with two attached hydrogens (primary N) is 2. The molecule has 0 aliphatic rings. The zero-order valence-electron chi connectivity index (χ0n) is 10.4. The molecule has 0 bridgehead atoms. The Balaban J connectivity index is 3.88. The van der Waals surface area contributed by atoms with Gasteiger partial charge in [-0.2, -0.15) is 0 Å². The van der Waals surface area contributed by atoms with E-state index in [-0.39, 0.29) is 11.6 Å². The van der Waals surface area contributed by atoms with E-state index >= 15 is 0 Å². The van der Waals surface area contributed by atoms with E-state index in [4.69, 9.17) is 11.5 Å². The van der Waals surface area contributed by atoms with Crippen molar-refractivity contribution in [3.05, 3.63) is 0 Å². The van der Waals surface area contributed by atoms with Crippen LogP contribution in [0.25, 0.3) is 0 Å². The van der Waals surface area contributed by atoms with Crippen LogP contribution in [0.3, 0.4) is 0 Å². The standard InChI is InChI=1S/C12H24N2O2/c1-10(15)12(14,11(2)16)8-6-4-3-5-7-9-13/h3-9,13-14H2,1-2H3. The first-order chi connectivity index (χ1) is 7.45. The van der Waals surface area contributed by atoms with Gasteiger partial charge in [-0.25, -0.2) is 0 Å². The smallest absolute Gasteiger partial charge is 0.157 e. The lowest BCUT2D eigenvalue weighted by Gasteiger charge is -2.23. The van der Waals surface area contributed by atoms with Gasteiger partial charge in [-0.05, 0) is 33.2 Å². The summed E-state index contributed by atoms with van der Waals surface area (Å²) in [5.74, 6) is -0.469. The maximum atomic E-state index is 11.3. The van der Waals surface area contributed by atoms with Gasteiger partial charge in [0.25, 0.3) is 0 Å². The molecule has 0 atom stereocenters. The summed E-state index contributed by atoms with van der Waals surface area (Å²) >= 11 is 0. The fourth-order valence-electron chi connectivity index (χ4n) is 1.68. The van der Waals surface area contributed by atoms with E-state index < -0.39 is 5.54 Å². The van der Waals surface area contributed by atoms with Crippen LogP contribution in [0.1, 0.15) is 52.4 Å². The molecule has 0 aliphatic heterocycles. The van der Waals surface area contributed by atoms with Crippen molar-refractivity contribution in [3.63, 3.8) is 0 Å². The molecule has 0 fully saturated rings. The van der Waals surface area contributed by atoms with Gasteiger partial charge < -0.3 is 11.5 Å². The molecule has 0 heterocycles. The summed E-state index contributed by atoms with van der Waals surface area (Å²) in [6.45, 7) is 3.49. The van der Waals surface area contributed by atoms with Crippen LogP contribution in [0.15, 0.2) is 0 Å². The monoisotopic (exact) mass is 228 g/mol. The maximum Gasteiger partial charge on any atom is 0.157 e. The van der Waals surface area contributed by atoms with Gasteiger partial charge in [0.2, 0.25) is 0 Å². The van der Waals surface area contributed by atoms with Crippen LogP contribution in [0, 0.1) is 0 Å². The summed E-state index contributed by atoms with van der Waals surface area (Å²) in [7, 11) is 0. The van der Waals surface area contributed by atoms with Gasteiger partial charge in [-0.3, -0.25) is 9.59 Å². The van der Waals surface area contributed by atoms with E-state index in [0.717, 1.165) is 38.6 Å². The predicted octanol–water partition coefficient (Wildman–Crippen LogP) is 1.16. The van der Waals surface area contributed by atoms with Crippen molar-refractivity contribution >= 4 is 11.6 Å². The summed E-state index contributed by atoms with van der Waals surface area (Å²) in [5.41, 5.74) is 9.93. The molecule has 0 aromatic rings. The topological polar surface area (TPSA) is 86.2 Å². The normalized spacial score (nSPS) is 11.5. The molecule has 0 aromatic carbocycles. The van der Waals surface area contributed by atoms with Crippen molar-refractivity contribution < 1.29 is 9.59 Å². The van der Waals surface area contributed by atoms with Gasteiger partial charge in [0, 0.05) is 0 Å². The molecule has 0 saturated carbocycles. The van der Waals surface area contributed by atoms with Gasteiger partial charge in [-0.1, -0.05) is 25.7 Å². The number of carbonyl (C=O) groups is 2. The Kier molecular flexibility index (Phi) is 7.17. The summed E-state index contributed by atoms with van der Waals surface area (Å²) < 4.78 is 0. The lowest BCUT2D eigenvalue weighted by atomic mass is 9.86. The molecular weight excluding hydrogens is 204 g/mol. The van der Waals surface area contributed by atoms with Crippen molar-refractivity contribution in [1.29, 1.82) is 0 Å². The van der Waals surface area contributed by atoms with E-state index in [1.807, 2.05) is 0 Å². The molecule has 0 aliphatic carbocycles. The van der Waals surface area contributed by atoms with Gasteiger partial charge in [0.15, 0.2) is 11.6 Å². The summed E-state index contributed by atoms with van der Waals surface area (Å²) in [6, 6.07) is 0. The molecule has 94 valence electrons. The molecule has 4 N–H and O–H groups in total. The lowest BCUT2D eigenvalue weighted by molar-refractivity contribution is -0.132. The van der Waals surface area contributed by atoms with Crippen LogP contribution < -0.4 is 11.5 Å². The van der Waals surface area contributed by atoms with E-state index in [9.17, 15) is 9.59 Å². The first kappa shape index (κ1) is 15.3. The molecule has 0 aromatic heterocycles. The zero-order chi connectivity index (χ0) is 12.6. The average Bonchev–Trinajstić information content (AvgIpc) is 2.22. The Morgan fingerprint density at radius 3 is 1.81 bits per heavy atom. The van der Waals surface area contributed by atoms with Crippen molar-refractivity contribution in [2.45, 2.75) is 57.9 Å². The first-order valence-electron chi connectivity index (χ1n) is 5.96. The number of hydrogen-bond acceptors (Lipinski definition) is 4. The summed E-state index contributed by atoms with van der Waals surface area (Å²) in [4.78, 5) is 22.6. The summed E-state index contributed by atoms with van der Waals surface area (Å²) in [5, 5.41) is 0. The van der Waals surface area contributed by atoms with Crippen molar-refractivity contribution in [3.8, 4) is 0 Å². The predicted molar refractivity (Wildman–Crippen MR) is 65.0 cm³/mol.